The Kier molecular flexibility index (Phi) is 5.99. The number of aromatic nitrogens is 2. The van der Waals surface area contributed by atoms with Crippen molar-refractivity contribution in [3.05, 3.63) is 90.0 Å². The van der Waals surface area contributed by atoms with Crippen LogP contribution in [0, 0.1) is 5.92 Å². The molecule has 0 spiro atoms. The maximum atomic E-state index is 14.0. The SMILES string of the molecule is CCOC(=O)C1C(=O)N(Cc2ccccc2)c2nc3ccccc3n2C1c1ccc(N(C)C)cc1. The van der Waals surface area contributed by atoms with Crippen LogP contribution in [0.3, 0.4) is 0 Å². The predicted molar refractivity (Wildman–Crippen MR) is 136 cm³/mol. The van der Waals surface area contributed by atoms with Crippen LogP contribution in [0.4, 0.5) is 11.6 Å². The Morgan fingerprint density at radius 3 is 2.34 bits per heavy atom. The molecule has 7 nitrogen and oxygen atoms in total. The zero-order valence-electron chi connectivity index (χ0n) is 20.1. The number of rotatable bonds is 6. The zero-order valence-corrected chi connectivity index (χ0v) is 20.1. The third-order valence-corrected chi connectivity index (χ3v) is 6.42. The molecule has 2 atom stereocenters. The van der Waals surface area contributed by atoms with E-state index in [2.05, 4.69) is 0 Å². The van der Waals surface area contributed by atoms with Crippen molar-refractivity contribution in [3.63, 3.8) is 0 Å². The molecule has 4 aromatic rings. The molecular weight excluding hydrogens is 440 g/mol. The molecule has 2 unspecified atom stereocenters. The maximum Gasteiger partial charge on any atom is 0.321 e. The lowest BCUT2D eigenvalue weighted by Crippen LogP contribution is -2.49. The molecule has 0 N–H and O–H groups in total. The van der Waals surface area contributed by atoms with Crippen molar-refractivity contribution >= 4 is 34.5 Å². The highest BCUT2D eigenvalue weighted by Crippen LogP contribution is 2.42. The molecule has 178 valence electrons. The number of imidazole rings is 1. The number of nitrogens with zero attached hydrogens (tertiary/aromatic N) is 4. The van der Waals surface area contributed by atoms with Crippen LogP contribution in [0.2, 0.25) is 0 Å². The second kappa shape index (κ2) is 9.25. The lowest BCUT2D eigenvalue weighted by molar-refractivity contribution is -0.153. The van der Waals surface area contributed by atoms with Crippen LogP contribution in [-0.2, 0) is 20.9 Å². The van der Waals surface area contributed by atoms with Gasteiger partial charge in [0.05, 0.1) is 30.2 Å². The number of benzene rings is 3. The van der Waals surface area contributed by atoms with Gasteiger partial charge < -0.3 is 14.2 Å². The molecule has 3 aromatic carbocycles. The Morgan fingerprint density at radius 1 is 0.971 bits per heavy atom. The molecule has 5 rings (SSSR count). The van der Waals surface area contributed by atoms with Crippen LogP contribution in [0.1, 0.15) is 24.1 Å². The molecule has 1 aromatic heterocycles. The largest absolute Gasteiger partial charge is 0.465 e. The standard InChI is InChI=1S/C28H28N4O3/c1-4-35-27(34)24-25(20-14-16-21(17-15-20)30(2)3)32-23-13-9-8-12-22(23)29-28(32)31(26(24)33)18-19-10-6-5-7-11-19/h5-17,24-25H,4,18H2,1-3H3. The van der Waals surface area contributed by atoms with E-state index in [1.807, 2.05) is 102 Å². The molecule has 7 heteroatoms. The number of hydrogen-bond donors (Lipinski definition) is 0. The summed E-state index contributed by atoms with van der Waals surface area (Å²) in [5, 5.41) is 0. The van der Waals surface area contributed by atoms with E-state index >= 15 is 0 Å². The van der Waals surface area contributed by atoms with E-state index in [0.29, 0.717) is 12.5 Å². The number of hydrogen-bond acceptors (Lipinski definition) is 5. The molecule has 0 radical (unpaired) electrons. The Balaban J connectivity index is 1.72. The van der Waals surface area contributed by atoms with Crippen LogP contribution < -0.4 is 9.80 Å². The van der Waals surface area contributed by atoms with Crippen molar-refractivity contribution in [2.45, 2.75) is 19.5 Å². The van der Waals surface area contributed by atoms with Gasteiger partial charge in [0, 0.05) is 19.8 Å². The summed E-state index contributed by atoms with van der Waals surface area (Å²) in [6.45, 7) is 2.27. The van der Waals surface area contributed by atoms with E-state index in [4.69, 9.17) is 9.72 Å². The second-order valence-corrected chi connectivity index (χ2v) is 8.84. The van der Waals surface area contributed by atoms with Gasteiger partial charge in [-0.1, -0.05) is 54.6 Å². The Morgan fingerprint density at radius 2 is 1.66 bits per heavy atom. The van der Waals surface area contributed by atoms with Crippen LogP contribution in [0.5, 0.6) is 0 Å². The molecule has 1 aliphatic heterocycles. The average Bonchev–Trinajstić information content (AvgIpc) is 3.25. The molecule has 2 heterocycles. The minimum atomic E-state index is -1.03. The second-order valence-electron chi connectivity index (χ2n) is 8.84. The molecule has 0 saturated carbocycles. The van der Waals surface area contributed by atoms with Crippen molar-refractivity contribution in [3.8, 4) is 0 Å². The van der Waals surface area contributed by atoms with Crippen molar-refractivity contribution in [1.29, 1.82) is 0 Å². The minimum absolute atomic E-state index is 0.200. The fourth-order valence-corrected chi connectivity index (χ4v) is 4.73. The monoisotopic (exact) mass is 468 g/mol. The Bertz CT molecular complexity index is 1360. The molecule has 1 aliphatic rings. The summed E-state index contributed by atoms with van der Waals surface area (Å²) in [4.78, 5) is 35.8. The predicted octanol–water partition coefficient (Wildman–Crippen LogP) is 4.42. The van der Waals surface area contributed by atoms with E-state index < -0.39 is 17.9 Å². The van der Waals surface area contributed by atoms with Crippen molar-refractivity contribution in [2.24, 2.45) is 5.92 Å². The Hall–Kier alpha value is -4.13. The molecule has 0 aliphatic carbocycles. The fourth-order valence-electron chi connectivity index (χ4n) is 4.73. The summed E-state index contributed by atoms with van der Waals surface area (Å²) >= 11 is 0. The van der Waals surface area contributed by atoms with Gasteiger partial charge >= 0.3 is 5.97 Å². The van der Waals surface area contributed by atoms with Crippen LogP contribution in [0.15, 0.2) is 78.9 Å². The first-order chi connectivity index (χ1) is 17.0. The molecule has 0 saturated heterocycles. The van der Waals surface area contributed by atoms with E-state index in [1.165, 1.54) is 0 Å². The van der Waals surface area contributed by atoms with E-state index in [-0.39, 0.29) is 12.5 Å². The van der Waals surface area contributed by atoms with E-state index in [9.17, 15) is 9.59 Å². The van der Waals surface area contributed by atoms with Crippen LogP contribution in [-0.4, -0.2) is 42.1 Å². The van der Waals surface area contributed by atoms with Gasteiger partial charge in [-0.3, -0.25) is 14.5 Å². The van der Waals surface area contributed by atoms with Crippen LogP contribution in [0.25, 0.3) is 11.0 Å². The van der Waals surface area contributed by atoms with E-state index in [1.54, 1.807) is 11.8 Å². The molecular formula is C28H28N4O3. The van der Waals surface area contributed by atoms with Gasteiger partial charge in [0.25, 0.3) is 0 Å². The third-order valence-electron chi connectivity index (χ3n) is 6.42. The van der Waals surface area contributed by atoms with Crippen molar-refractivity contribution < 1.29 is 14.3 Å². The summed E-state index contributed by atoms with van der Waals surface area (Å²) in [5.41, 5.74) is 4.48. The van der Waals surface area contributed by atoms with Gasteiger partial charge in [-0.05, 0) is 42.3 Å². The summed E-state index contributed by atoms with van der Waals surface area (Å²) in [6.07, 6.45) is 0. The normalized spacial score (nSPS) is 17.3. The quantitative estimate of drug-likeness (QED) is 0.310. The number of anilines is 2. The number of carbonyl (C=O) groups excluding carboxylic acids is 2. The summed E-state index contributed by atoms with van der Waals surface area (Å²) < 4.78 is 7.46. The summed E-state index contributed by atoms with van der Waals surface area (Å²) in [7, 11) is 3.95. The van der Waals surface area contributed by atoms with Gasteiger partial charge in [0.2, 0.25) is 11.9 Å². The highest BCUT2D eigenvalue weighted by molar-refractivity contribution is 6.08. The van der Waals surface area contributed by atoms with Crippen molar-refractivity contribution in [2.75, 3.05) is 30.5 Å². The van der Waals surface area contributed by atoms with Gasteiger partial charge in [-0.2, -0.15) is 0 Å². The number of para-hydroxylation sites is 2. The maximum absolute atomic E-state index is 14.0. The van der Waals surface area contributed by atoms with Gasteiger partial charge in [0.15, 0.2) is 5.92 Å². The lowest BCUT2D eigenvalue weighted by Gasteiger charge is -2.38. The highest BCUT2D eigenvalue weighted by atomic mass is 16.5. The first-order valence-electron chi connectivity index (χ1n) is 11.8. The van der Waals surface area contributed by atoms with Crippen LogP contribution >= 0.6 is 0 Å². The van der Waals surface area contributed by atoms with E-state index in [0.717, 1.165) is 27.8 Å². The van der Waals surface area contributed by atoms with Crippen molar-refractivity contribution in [1.82, 2.24) is 9.55 Å². The minimum Gasteiger partial charge on any atom is -0.465 e. The smallest absolute Gasteiger partial charge is 0.321 e. The number of carbonyl (C=O) groups is 2. The highest BCUT2D eigenvalue weighted by Gasteiger charge is 2.47. The third kappa shape index (κ3) is 4.03. The van der Waals surface area contributed by atoms with Gasteiger partial charge in [0.1, 0.15) is 0 Å². The molecule has 0 bridgehead atoms. The molecule has 35 heavy (non-hydrogen) atoms. The summed E-state index contributed by atoms with van der Waals surface area (Å²) in [5.74, 6) is -1.34. The average molecular weight is 469 g/mol. The Labute approximate surface area is 204 Å². The van der Waals surface area contributed by atoms with Gasteiger partial charge in [-0.15, -0.1) is 0 Å². The zero-order chi connectivity index (χ0) is 24.5. The number of amides is 1. The summed E-state index contributed by atoms with van der Waals surface area (Å²) in [6, 6.07) is 24.9. The fraction of sp³-hybridized carbons (Fsp3) is 0.250. The number of fused-ring (bicyclic) bond motifs is 3. The topological polar surface area (TPSA) is 67.7 Å². The first kappa shape index (κ1) is 22.7. The molecule has 1 amide bonds. The molecule has 0 fully saturated rings. The van der Waals surface area contributed by atoms with Gasteiger partial charge in [-0.25, -0.2) is 4.98 Å². The number of ether oxygens (including phenoxy) is 1. The lowest BCUT2D eigenvalue weighted by atomic mass is 9.89. The number of esters is 1. The first-order valence-corrected chi connectivity index (χ1v) is 11.8.